The van der Waals surface area contributed by atoms with Gasteiger partial charge in [0.1, 0.15) is 0 Å². The fourth-order valence-corrected chi connectivity index (χ4v) is 2.87. The molecule has 2 fully saturated rings. The first-order chi connectivity index (χ1) is 8.78. The van der Waals surface area contributed by atoms with Crippen molar-refractivity contribution in [2.24, 2.45) is 11.8 Å². The maximum atomic E-state index is 11.9. The number of nitrogens with one attached hydrogen (secondary N) is 1. The molecule has 0 atom stereocenters. The molecule has 0 aromatic rings. The standard InChI is InChI=1S/C14H22N2O2/c15-10-12-1-3-13(4-2-12)16-14(17)9-11-5-7-18-8-6-11/h11-13H,1-9H2,(H,16,17). The van der Waals surface area contributed by atoms with Crippen LogP contribution in [-0.4, -0.2) is 25.2 Å². The van der Waals surface area contributed by atoms with Crippen molar-refractivity contribution in [2.45, 2.75) is 51.0 Å². The lowest BCUT2D eigenvalue weighted by Gasteiger charge is -2.27. The Labute approximate surface area is 109 Å². The van der Waals surface area contributed by atoms with Crippen LogP contribution in [0.4, 0.5) is 0 Å². The number of nitriles is 1. The molecule has 1 heterocycles. The van der Waals surface area contributed by atoms with Crippen molar-refractivity contribution in [3.05, 3.63) is 0 Å². The Morgan fingerprint density at radius 1 is 1.17 bits per heavy atom. The predicted molar refractivity (Wildman–Crippen MR) is 67.7 cm³/mol. The molecule has 0 spiro atoms. The molecule has 1 amide bonds. The van der Waals surface area contributed by atoms with Gasteiger partial charge in [0.2, 0.25) is 5.91 Å². The average Bonchev–Trinajstić information content (AvgIpc) is 2.40. The zero-order valence-electron chi connectivity index (χ0n) is 10.9. The van der Waals surface area contributed by atoms with Crippen molar-refractivity contribution in [2.75, 3.05) is 13.2 Å². The molecule has 1 aliphatic carbocycles. The number of carbonyl (C=O) groups is 1. The second-order valence-electron chi connectivity index (χ2n) is 5.51. The number of nitrogens with zero attached hydrogens (tertiary/aromatic N) is 1. The molecule has 4 nitrogen and oxygen atoms in total. The average molecular weight is 250 g/mol. The third-order valence-corrected chi connectivity index (χ3v) is 4.09. The smallest absolute Gasteiger partial charge is 0.220 e. The Hall–Kier alpha value is -1.08. The molecular weight excluding hydrogens is 228 g/mol. The summed E-state index contributed by atoms with van der Waals surface area (Å²) in [5.41, 5.74) is 0. The normalized spacial score (nSPS) is 29.5. The van der Waals surface area contributed by atoms with Crippen LogP contribution in [0.1, 0.15) is 44.9 Å². The maximum absolute atomic E-state index is 11.9. The quantitative estimate of drug-likeness (QED) is 0.833. The van der Waals surface area contributed by atoms with E-state index in [1.54, 1.807) is 0 Å². The van der Waals surface area contributed by atoms with Gasteiger partial charge in [0.15, 0.2) is 0 Å². The third-order valence-electron chi connectivity index (χ3n) is 4.09. The molecule has 1 saturated heterocycles. The first-order valence-electron chi connectivity index (χ1n) is 7.04. The summed E-state index contributed by atoms with van der Waals surface area (Å²) in [5.74, 6) is 0.880. The molecule has 2 rings (SSSR count). The molecular formula is C14H22N2O2. The minimum absolute atomic E-state index is 0.183. The Morgan fingerprint density at radius 2 is 1.83 bits per heavy atom. The first kappa shape index (κ1) is 13.4. The summed E-state index contributed by atoms with van der Waals surface area (Å²) >= 11 is 0. The fraction of sp³-hybridized carbons (Fsp3) is 0.857. The number of amides is 1. The van der Waals surface area contributed by atoms with Gasteiger partial charge < -0.3 is 10.1 Å². The second-order valence-corrected chi connectivity index (χ2v) is 5.51. The van der Waals surface area contributed by atoms with Gasteiger partial charge in [-0.05, 0) is 44.4 Å². The molecule has 100 valence electrons. The molecule has 0 radical (unpaired) electrons. The van der Waals surface area contributed by atoms with Crippen LogP contribution in [0, 0.1) is 23.2 Å². The van der Waals surface area contributed by atoms with Gasteiger partial charge in [-0.3, -0.25) is 4.79 Å². The Morgan fingerprint density at radius 3 is 2.44 bits per heavy atom. The molecule has 2 aliphatic rings. The van der Waals surface area contributed by atoms with E-state index in [0.717, 1.165) is 51.7 Å². The monoisotopic (exact) mass is 250 g/mol. The van der Waals surface area contributed by atoms with Crippen molar-refractivity contribution in [3.8, 4) is 6.07 Å². The first-order valence-corrected chi connectivity index (χ1v) is 7.04. The number of carbonyl (C=O) groups excluding carboxylic acids is 1. The van der Waals surface area contributed by atoms with Crippen molar-refractivity contribution in [3.63, 3.8) is 0 Å². The lowest BCUT2D eigenvalue weighted by Crippen LogP contribution is -2.38. The minimum Gasteiger partial charge on any atom is -0.381 e. The molecule has 0 aromatic heterocycles. The number of rotatable bonds is 3. The van der Waals surface area contributed by atoms with Gasteiger partial charge in [0.05, 0.1) is 6.07 Å². The highest BCUT2D eigenvalue weighted by Crippen LogP contribution is 2.24. The van der Waals surface area contributed by atoms with Crippen LogP contribution in [0.25, 0.3) is 0 Å². The highest BCUT2D eigenvalue weighted by atomic mass is 16.5. The van der Waals surface area contributed by atoms with Crippen molar-refractivity contribution >= 4 is 5.91 Å². The summed E-state index contributed by atoms with van der Waals surface area (Å²) < 4.78 is 5.29. The van der Waals surface area contributed by atoms with Crippen LogP contribution >= 0.6 is 0 Å². The Kier molecular flexibility index (Phi) is 5.00. The topological polar surface area (TPSA) is 62.1 Å². The van der Waals surface area contributed by atoms with Crippen molar-refractivity contribution in [1.82, 2.24) is 5.32 Å². The van der Waals surface area contributed by atoms with Crippen LogP contribution in [-0.2, 0) is 9.53 Å². The molecule has 1 saturated carbocycles. The van der Waals surface area contributed by atoms with E-state index in [4.69, 9.17) is 10.00 Å². The summed E-state index contributed by atoms with van der Waals surface area (Å²) in [7, 11) is 0. The number of ether oxygens (including phenoxy) is 1. The second kappa shape index (κ2) is 6.75. The summed E-state index contributed by atoms with van der Waals surface area (Å²) in [4.78, 5) is 11.9. The van der Waals surface area contributed by atoms with E-state index in [2.05, 4.69) is 11.4 Å². The van der Waals surface area contributed by atoms with Crippen LogP contribution < -0.4 is 5.32 Å². The van der Waals surface area contributed by atoms with Gasteiger partial charge >= 0.3 is 0 Å². The highest BCUT2D eigenvalue weighted by molar-refractivity contribution is 5.76. The van der Waals surface area contributed by atoms with Gasteiger partial charge in [0.25, 0.3) is 0 Å². The van der Waals surface area contributed by atoms with E-state index in [1.165, 1.54) is 0 Å². The Balaban J connectivity index is 1.66. The van der Waals surface area contributed by atoms with Gasteiger partial charge in [-0.1, -0.05) is 0 Å². The maximum Gasteiger partial charge on any atom is 0.220 e. The largest absolute Gasteiger partial charge is 0.381 e. The zero-order chi connectivity index (χ0) is 12.8. The third kappa shape index (κ3) is 3.99. The summed E-state index contributed by atoms with van der Waals surface area (Å²) in [6.07, 6.45) is 6.43. The lowest BCUT2D eigenvalue weighted by molar-refractivity contribution is -0.123. The van der Waals surface area contributed by atoms with Crippen molar-refractivity contribution in [1.29, 1.82) is 5.26 Å². The Bertz CT molecular complexity index is 310. The highest BCUT2D eigenvalue weighted by Gasteiger charge is 2.23. The van der Waals surface area contributed by atoms with Crippen LogP contribution in [0.5, 0.6) is 0 Å². The van der Waals surface area contributed by atoms with Crippen LogP contribution in [0.15, 0.2) is 0 Å². The summed E-state index contributed by atoms with van der Waals surface area (Å²) in [6.45, 7) is 1.59. The van der Waals surface area contributed by atoms with Gasteiger partial charge in [0, 0.05) is 31.6 Å². The summed E-state index contributed by atoms with van der Waals surface area (Å²) in [5, 5.41) is 11.9. The number of hydrogen-bond donors (Lipinski definition) is 1. The number of hydrogen-bond acceptors (Lipinski definition) is 3. The van der Waals surface area contributed by atoms with E-state index in [1.807, 2.05) is 0 Å². The summed E-state index contributed by atoms with van der Waals surface area (Å²) in [6, 6.07) is 2.61. The predicted octanol–water partition coefficient (Wildman–Crippen LogP) is 2.00. The molecule has 1 aliphatic heterocycles. The SMILES string of the molecule is N#CC1CCC(NC(=O)CC2CCOCC2)CC1. The van der Waals surface area contributed by atoms with E-state index >= 15 is 0 Å². The minimum atomic E-state index is 0.183. The van der Waals surface area contributed by atoms with Gasteiger partial charge in [-0.2, -0.15) is 5.26 Å². The molecule has 4 heteroatoms. The molecule has 0 unspecified atom stereocenters. The molecule has 0 bridgehead atoms. The van der Waals surface area contributed by atoms with Gasteiger partial charge in [-0.15, -0.1) is 0 Å². The van der Waals surface area contributed by atoms with E-state index < -0.39 is 0 Å². The van der Waals surface area contributed by atoms with Crippen LogP contribution in [0.3, 0.4) is 0 Å². The molecule has 1 N–H and O–H groups in total. The van der Waals surface area contributed by atoms with Crippen LogP contribution in [0.2, 0.25) is 0 Å². The lowest BCUT2D eigenvalue weighted by atomic mass is 9.87. The van der Waals surface area contributed by atoms with Crippen molar-refractivity contribution < 1.29 is 9.53 Å². The van der Waals surface area contributed by atoms with E-state index in [0.29, 0.717) is 18.4 Å². The fourth-order valence-electron chi connectivity index (χ4n) is 2.87. The molecule has 18 heavy (non-hydrogen) atoms. The van der Waals surface area contributed by atoms with Gasteiger partial charge in [-0.25, -0.2) is 0 Å². The molecule has 0 aromatic carbocycles. The van der Waals surface area contributed by atoms with E-state index in [-0.39, 0.29) is 11.8 Å². The zero-order valence-corrected chi connectivity index (χ0v) is 10.9. The van der Waals surface area contributed by atoms with E-state index in [9.17, 15) is 4.79 Å².